The van der Waals surface area contributed by atoms with Crippen molar-refractivity contribution in [2.75, 3.05) is 6.61 Å². The summed E-state index contributed by atoms with van der Waals surface area (Å²) in [6.07, 6.45) is -0.0125. The first-order chi connectivity index (χ1) is 14.2. The fourth-order valence-corrected chi connectivity index (χ4v) is 3.48. The quantitative estimate of drug-likeness (QED) is 0.384. The molecule has 2 aromatic carbocycles. The third-order valence-electron chi connectivity index (χ3n) is 4.97. The summed E-state index contributed by atoms with van der Waals surface area (Å²) in [7, 11) is 0. The van der Waals surface area contributed by atoms with Crippen LogP contribution in [0.2, 0.25) is 0 Å². The fraction of sp³-hybridized carbons (Fsp3) is 0.375. The van der Waals surface area contributed by atoms with Crippen molar-refractivity contribution in [3.63, 3.8) is 0 Å². The van der Waals surface area contributed by atoms with Crippen molar-refractivity contribution in [3.8, 4) is 11.1 Å². The molecule has 0 unspecified atom stereocenters. The molecule has 2 aromatic rings. The Morgan fingerprint density at radius 1 is 1.06 bits per heavy atom. The SMILES string of the molecule is CC(C)(C)C(=O)[C@@H]([NH-])CCC(=O)O.O.O=[C-]OCC1c2ccccc2-c2ccccc21.[Ho]. The standard InChI is InChI=1S/C15H11O2.C9H16NO3.Ho.H2O/c16-10-17-9-15-13-7-3-1-5-11(13)12-6-2-4-8-14(12)15;1-9(2,3)8(13)6(10)4-5-7(11)12;;/h1-8,15H,9H2;6,10H,4-5H2,1-3H3,(H,11,12);;1H2/q2*-1;;/t;6-;;/m.0../s1. The minimum absolute atomic E-state index is 0. The molecule has 1 radical (unpaired) electrons. The van der Waals surface area contributed by atoms with Crippen LogP contribution in [0.4, 0.5) is 0 Å². The molecule has 0 aromatic heterocycles. The zero-order valence-corrected chi connectivity index (χ0v) is 20.2. The van der Waals surface area contributed by atoms with Gasteiger partial charge in [0.2, 0.25) is 0 Å². The molecule has 0 spiro atoms. The van der Waals surface area contributed by atoms with Gasteiger partial charge in [0, 0.05) is 55.5 Å². The second-order valence-electron chi connectivity index (χ2n) is 8.22. The minimum Gasteiger partial charge on any atom is -0.668 e. The van der Waals surface area contributed by atoms with Crippen molar-refractivity contribution in [3.05, 3.63) is 65.4 Å². The number of ketones is 1. The number of carbonyl (C=O) groups is 2. The van der Waals surface area contributed by atoms with Gasteiger partial charge in [0.15, 0.2) is 0 Å². The van der Waals surface area contributed by atoms with Crippen LogP contribution in [-0.4, -0.2) is 41.5 Å². The van der Waals surface area contributed by atoms with Crippen LogP contribution in [0.5, 0.6) is 0 Å². The first-order valence-corrected chi connectivity index (χ1v) is 9.81. The summed E-state index contributed by atoms with van der Waals surface area (Å²) >= 11 is 0. The van der Waals surface area contributed by atoms with Crippen molar-refractivity contribution in [2.45, 2.75) is 45.6 Å². The number of carboxylic acid groups (broad SMARTS) is 1. The van der Waals surface area contributed by atoms with E-state index in [1.807, 2.05) is 24.3 Å². The number of carbonyl (C=O) groups excluding carboxylic acids is 2. The predicted octanol–water partition coefficient (Wildman–Crippen LogP) is 3.95. The average Bonchev–Trinajstić information content (AvgIpc) is 3.03. The normalized spacial score (nSPS) is 12.5. The van der Waals surface area contributed by atoms with Crippen LogP contribution in [0.15, 0.2) is 48.5 Å². The second-order valence-corrected chi connectivity index (χ2v) is 8.22. The zero-order valence-electron chi connectivity index (χ0n) is 18.3. The van der Waals surface area contributed by atoms with Crippen LogP contribution >= 0.6 is 0 Å². The van der Waals surface area contributed by atoms with Gasteiger partial charge in [-0.2, -0.15) is 0 Å². The first kappa shape index (κ1) is 30.2. The number of carboxylic acids is 1. The maximum Gasteiger partial charge on any atom is 0.303 e. The van der Waals surface area contributed by atoms with Gasteiger partial charge in [-0.1, -0.05) is 88.2 Å². The Morgan fingerprint density at radius 3 is 1.94 bits per heavy atom. The van der Waals surface area contributed by atoms with E-state index in [2.05, 4.69) is 24.3 Å². The topological polar surface area (TPSA) is 136 Å². The van der Waals surface area contributed by atoms with Gasteiger partial charge >= 0.3 is 5.97 Å². The molecule has 32 heavy (non-hydrogen) atoms. The molecular weight excluding hydrogens is 563 g/mol. The van der Waals surface area contributed by atoms with E-state index in [0.717, 1.165) is 0 Å². The first-order valence-electron chi connectivity index (χ1n) is 9.81. The van der Waals surface area contributed by atoms with Crippen molar-refractivity contribution in [1.29, 1.82) is 0 Å². The zero-order chi connectivity index (χ0) is 22.3. The second kappa shape index (κ2) is 13.7. The molecule has 1 aliphatic carbocycles. The van der Waals surface area contributed by atoms with Gasteiger partial charge in [0.05, 0.1) is 6.61 Å². The molecule has 0 saturated carbocycles. The third-order valence-corrected chi connectivity index (χ3v) is 4.97. The average molecular weight is 592 g/mol. The molecular formula is C24H29HoNO6-2. The summed E-state index contributed by atoms with van der Waals surface area (Å²) in [5.41, 5.74) is 11.8. The molecule has 179 valence electrons. The summed E-state index contributed by atoms with van der Waals surface area (Å²) in [5.74, 6) is -1.02. The molecule has 0 heterocycles. The Labute approximate surface area is 218 Å². The summed E-state index contributed by atoms with van der Waals surface area (Å²) in [4.78, 5) is 31.8. The molecule has 8 heteroatoms. The van der Waals surface area contributed by atoms with Crippen LogP contribution in [-0.2, 0) is 19.1 Å². The molecule has 4 N–H and O–H groups in total. The van der Waals surface area contributed by atoms with Crippen LogP contribution in [0.25, 0.3) is 16.9 Å². The largest absolute Gasteiger partial charge is 0.668 e. The Bertz CT molecular complexity index is 864. The van der Waals surface area contributed by atoms with E-state index in [0.29, 0.717) is 6.61 Å². The van der Waals surface area contributed by atoms with Crippen LogP contribution < -0.4 is 0 Å². The summed E-state index contributed by atoms with van der Waals surface area (Å²) < 4.78 is 4.83. The van der Waals surface area contributed by atoms with Crippen LogP contribution in [0, 0.1) is 43.2 Å². The predicted molar refractivity (Wildman–Crippen MR) is 118 cm³/mol. The van der Waals surface area contributed by atoms with E-state index < -0.39 is 17.4 Å². The summed E-state index contributed by atoms with van der Waals surface area (Å²) in [5, 5.41) is 8.35. The number of aliphatic carboxylic acids is 1. The van der Waals surface area contributed by atoms with Crippen molar-refractivity contribution in [1.82, 2.24) is 0 Å². The van der Waals surface area contributed by atoms with Crippen LogP contribution in [0.1, 0.15) is 50.7 Å². The van der Waals surface area contributed by atoms with E-state index in [1.54, 1.807) is 20.8 Å². The molecule has 1 atom stereocenters. The molecule has 1 aliphatic rings. The van der Waals surface area contributed by atoms with Gasteiger partial charge in [-0.3, -0.25) is 4.79 Å². The summed E-state index contributed by atoms with van der Waals surface area (Å²) in [6.45, 7) is 7.07. The number of rotatable bonds is 7. The van der Waals surface area contributed by atoms with E-state index >= 15 is 0 Å². The fourth-order valence-electron chi connectivity index (χ4n) is 3.48. The van der Waals surface area contributed by atoms with Gasteiger partial charge in [-0.25, -0.2) is 0 Å². The minimum atomic E-state index is -0.959. The molecule has 0 bridgehead atoms. The number of Topliss-reactive ketones (excluding diaryl/α,β-unsaturated/α-hetero) is 1. The molecule has 0 fully saturated rings. The molecule has 7 nitrogen and oxygen atoms in total. The molecule has 0 aliphatic heterocycles. The number of hydrogen-bond acceptors (Lipinski definition) is 4. The van der Waals surface area contributed by atoms with Crippen molar-refractivity contribution < 1.29 is 67.4 Å². The number of fused-ring (bicyclic) bond motifs is 3. The van der Waals surface area contributed by atoms with Gasteiger partial charge in [-0.15, -0.1) is 0 Å². The number of nitrogens with one attached hydrogen (secondary N) is 1. The van der Waals surface area contributed by atoms with Crippen molar-refractivity contribution >= 4 is 18.2 Å². The van der Waals surface area contributed by atoms with E-state index in [1.165, 1.54) is 28.7 Å². The number of benzene rings is 2. The maximum atomic E-state index is 11.4. The van der Waals surface area contributed by atoms with Gasteiger partial charge in [0.1, 0.15) is 5.78 Å². The summed E-state index contributed by atoms with van der Waals surface area (Å²) in [6, 6.07) is 15.6. The molecule has 0 saturated heterocycles. The molecule has 0 amide bonds. The monoisotopic (exact) mass is 592 g/mol. The number of ether oxygens (including phenoxy) is 1. The van der Waals surface area contributed by atoms with E-state index in [-0.39, 0.29) is 67.8 Å². The van der Waals surface area contributed by atoms with Gasteiger partial charge in [0.25, 0.3) is 0 Å². The van der Waals surface area contributed by atoms with E-state index in [9.17, 15) is 14.4 Å². The van der Waals surface area contributed by atoms with Gasteiger partial charge < -0.3 is 30.6 Å². The smallest absolute Gasteiger partial charge is 0.303 e. The van der Waals surface area contributed by atoms with Gasteiger partial charge in [-0.05, 0) is 22.3 Å². The Kier molecular flexibility index (Phi) is 12.9. The van der Waals surface area contributed by atoms with Crippen LogP contribution in [0.3, 0.4) is 0 Å². The maximum absolute atomic E-state index is 11.4. The van der Waals surface area contributed by atoms with Crippen molar-refractivity contribution in [2.24, 2.45) is 5.41 Å². The Morgan fingerprint density at radius 2 is 1.53 bits per heavy atom. The van der Waals surface area contributed by atoms with E-state index in [4.69, 9.17) is 15.6 Å². The third kappa shape index (κ3) is 7.98. The molecule has 3 rings (SSSR count). The Balaban J connectivity index is 0.000000588. The number of hydrogen-bond donors (Lipinski definition) is 1. The Hall–Kier alpha value is -1.77.